The van der Waals surface area contributed by atoms with Gasteiger partial charge in [0.1, 0.15) is 6.23 Å². The summed E-state index contributed by atoms with van der Waals surface area (Å²) in [7, 11) is 0.614. The molecule has 4 nitrogen and oxygen atoms in total. The molecule has 0 bridgehead atoms. The summed E-state index contributed by atoms with van der Waals surface area (Å²) in [6.07, 6.45) is 0.435. The van der Waals surface area contributed by atoms with Crippen LogP contribution in [0.15, 0.2) is 30.3 Å². The summed E-state index contributed by atoms with van der Waals surface area (Å²) >= 11 is 0. The van der Waals surface area contributed by atoms with Crippen molar-refractivity contribution in [1.82, 2.24) is 0 Å². The maximum atomic E-state index is 6.02. The van der Waals surface area contributed by atoms with E-state index >= 15 is 0 Å². The molecule has 1 aromatic rings. The van der Waals surface area contributed by atoms with Gasteiger partial charge in [-0.2, -0.15) is 0 Å². The molecule has 18 heavy (non-hydrogen) atoms. The maximum Gasteiger partial charge on any atom is 0.501 e. The van der Waals surface area contributed by atoms with Crippen molar-refractivity contribution in [2.75, 3.05) is 14.2 Å². The van der Waals surface area contributed by atoms with Crippen LogP contribution < -0.4 is 5.73 Å². The first-order valence-corrected chi connectivity index (χ1v) is 7.69. The van der Waals surface area contributed by atoms with Crippen molar-refractivity contribution < 1.29 is 13.3 Å². The smallest absolute Gasteiger partial charge is 0.377 e. The van der Waals surface area contributed by atoms with Gasteiger partial charge in [-0.1, -0.05) is 43.7 Å². The molecule has 0 fully saturated rings. The van der Waals surface area contributed by atoms with E-state index in [-0.39, 0.29) is 17.4 Å². The van der Waals surface area contributed by atoms with Crippen molar-refractivity contribution >= 4 is 26.2 Å². The molecule has 0 aromatic heterocycles. The molecule has 1 atom stereocenters. The molecule has 1 rings (SSSR count). The minimum Gasteiger partial charge on any atom is -0.377 e. The molecule has 0 spiro atoms. The first kappa shape index (κ1) is 17.8. The van der Waals surface area contributed by atoms with Crippen molar-refractivity contribution in [3.63, 3.8) is 0 Å². The van der Waals surface area contributed by atoms with Crippen molar-refractivity contribution in [2.24, 2.45) is 5.73 Å². The van der Waals surface area contributed by atoms with Crippen LogP contribution >= 0.6 is 0 Å². The molecule has 0 amide bonds. The van der Waals surface area contributed by atoms with Gasteiger partial charge < -0.3 is 19.0 Å². The average molecular weight is 285 g/mol. The molecule has 1 aromatic carbocycles. The highest BCUT2D eigenvalue weighted by molar-refractivity contribution is 6.60. The van der Waals surface area contributed by atoms with Gasteiger partial charge in [0, 0.05) is 20.3 Å². The van der Waals surface area contributed by atoms with Gasteiger partial charge in [-0.05, 0) is 5.56 Å². The van der Waals surface area contributed by atoms with Crippen molar-refractivity contribution in [2.45, 2.75) is 25.6 Å². The quantitative estimate of drug-likeness (QED) is 0.602. The van der Waals surface area contributed by atoms with Gasteiger partial charge in [0.25, 0.3) is 0 Å². The molecule has 0 radical (unpaired) electrons. The molecule has 2 N–H and O–H groups in total. The van der Waals surface area contributed by atoms with E-state index in [9.17, 15) is 0 Å². The van der Waals surface area contributed by atoms with Crippen LogP contribution in [-0.4, -0.2) is 40.4 Å². The van der Waals surface area contributed by atoms with Crippen LogP contribution in [-0.2, 0) is 13.3 Å². The fraction of sp³-hybridized carbons (Fsp3) is 0.500. The SMILES string of the molecule is CCC[Si](OC)(OC)OC(N)c1ccccc1.[AlH3]. The number of rotatable bonds is 7. The fourth-order valence-corrected chi connectivity index (χ4v) is 3.67. The minimum atomic E-state index is -2.61. The van der Waals surface area contributed by atoms with E-state index in [0.717, 1.165) is 18.0 Å². The first-order chi connectivity index (χ1) is 8.17. The third kappa shape index (κ3) is 4.82. The molecular formula is C12H24AlNO3Si. The van der Waals surface area contributed by atoms with Gasteiger partial charge >= 0.3 is 8.80 Å². The summed E-state index contributed by atoms with van der Waals surface area (Å²) in [5, 5.41) is 0. The molecule has 0 aliphatic heterocycles. The van der Waals surface area contributed by atoms with Crippen LogP contribution in [0.3, 0.4) is 0 Å². The Morgan fingerprint density at radius 3 is 2.17 bits per heavy atom. The number of hydrogen-bond acceptors (Lipinski definition) is 4. The molecule has 6 heteroatoms. The summed E-state index contributed by atoms with van der Waals surface area (Å²) in [5.74, 6) is 0. The topological polar surface area (TPSA) is 53.7 Å². The maximum absolute atomic E-state index is 6.02. The Balaban J connectivity index is 0.00000289. The molecular weight excluding hydrogens is 261 g/mol. The minimum absolute atomic E-state index is 0. The van der Waals surface area contributed by atoms with Gasteiger partial charge in [0.05, 0.1) is 0 Å². The van der Waals surface area contributed by atoms with Gasteiger partial charge in [-0.15, -0.1) is 0 Å². The Kier molecular flexibility index (Phi) is 8.74. The summed E-state index contributed by atoms with van der Waals surface area (Å²) in [6, 6.07) is 10.4. The van der Waals surface area contributed by atoms with E-state index in [1.807, 2.05) is 30.3 Å². The zero-order valence-corrected chi connectivity index (χ0v) is 11.7. The largest absolute Gasteiger partial charge is 0.501 e. The predicted molar refractivity (Wildman–Crippen MR) is 79.3 cm³/mol. The lowest BCUT2D eigenvalue weighted by atomic mass is 10.2. The summed E-state index contributed by atoms with van der Waals surface area (Å²) < 4.78 is 16.7. The standard InChI is InChI=1S/C12H21NO3Si.Al.3H/c1-4-10-17(14-2,15-3)16-12(13)11-8-6-5-7-9-11;;;;/h5-9,12H,4,10,13H2,1-3H3;;;;. The molecule has 0 saturated heterocycles. The second kappa shape index (κ2) is 8.83. The monoisotopic (exact) mass is 285 g/mol. The average Bonchev–Trinajstić information content (AvgIpc) is 2.39. The Morgan fingerprint density at radius 2 is 1.72 bits per heavy atom. The molecule has 102 valence electrons. The molecule has 1 unspecified atom stereocenters. The van der Waals surface area contributed by atoms with Crippen LogP contribution in [0.1, 0.15) is 25.1 Å². The van der Waals surface area contributed by atoms with Crippen molar-refractivity contribution in [1.29, 1.82) is 0 Å². The zero-order valence-electron chi connectivity index (χ0n) is 10.7. The summed E-state index contributed by atoms with van der Waals surface area (Å²) in [6.45, 7) is 2.07. The van der Waals surface area contributed by atoms with Gasteiger partial charge in [0.2, 0.25) is 0 Å². The highest BCUT2D eigenvalue weighted by Crippen LogP contribution is 2.22. The van der Waals surface area contributed by atoms with Gasteiger partial charge in [-0.3, -0.25) is 0 Å². The van der Waals surface area contributed by atoms with Gasteiger partial charge in [-0.25, -0.2) is 0 Å². The third-order valence-electron chi connectivity index (χ3n) is 2.61. The molecule has 0 aliphatic rings. The van der Waals surface area contributed by atoms with E-state index < -0.39 is 15.0 Å². The van der Waals surface area contributed by atoms with E-state index in [2.05, 4.69) is 6.92 Å². The lowest BCUT2D eigenvalue weighted by molar-refractivity contribution is 0.0570. The van der Waals surface area contributed by atoms with E-state index in [4.69, 9.17) is 19.0 Å². The van der Waals surface area contributed by atoms with E-state index in [0.29, 0.717) is 0 Å². The van der Waals surface area contributed by atoms with Crippen LogP contribution in [0, 0.1) is 0 Å². The Labute approximate surface area is 121 Å². The molecule has 0 saturated carbocycles. The van der Waals surface area contributed by atoms with E-state index in [1.165, 1.54) is 0 Å². The number of nitrogens with two attached hydrogens (primary N) is 1. The lowest BCUT2D eigenvalue weighted by Gasteiger charge is -2.29. The summed E-state index contributed by atoms with van der Waals surface area (Å²) in [4.78, 5) is 0. The van der Waals surface area contributed by atoms with Crippen LogP contribution in [0.4, 0.5) is 0 Å². The van der Waals surface area contributed by atoms with Crippen LogP contribution in [0.2, 0.25) is 6.04 Å². The highest BCUT2D eigenvalue weighted by atomic mass is 28.4. The van der Waals surface area contributed by atoms with Crippen LogP contribution in [0.5, 0.6) is 0 Å². The zero-order chi connectivity index (χ0) is 12.7. The number of hydrogen-bond donors (Lipinski definition) is 1. The van der Waals surface area contributed by atoms with Crippen molar-refractivity contribution in [3.8, 4) is 0 Å². The Morgan fingerprint density at radius 1 is 1.17 bits per heavy atom. The summed E-state index contributed by atoms with van der Waals surface area (Å²) in [5.41, 5.74) is 6.94. The van der Waals surface area contributed by atoms with Gasteiger partial charge in [0.15, 0.2) is 17.4 Å². The first-order valence-electron chi connectivity index (χ1n) is 5.76. The van der Waals surface area contributed by atoms with E-state index in [1.54, 1.807) is 14.2 Å². The lowest BCUT2D eigenvalue weighted by Crippen LogP contribution is -2.46. The third-order valence-corrected chi connectivity index (χ3v) is 5.58. The molecule has 0 heterocycles. The number of benzene rings is 1. The Bertz CT molecular complexity index is 322. The normalized spacial score (nSPS) is 12.9. The van der Waals surface area contributed by atoms with Crippen LogP contribution in [0.25, 0.3) is 0 Å². The predicted octanol–water partition coefficient (Wildman–Crippen LogP) is 1.12. The van der Waals surface area contributed by atoms with Crippen molar-refractivity contribution in [3.05, 3.63) is 35.9 Å². The second-order valence-electron chi connectivity index (χ2n) is 3.79. The molecule has 0 aliphatic carbocycles. The highest BCUT2D eigenvalue weighted by Gasteiger charge is 2.40. The Hall–Kier alpha value is -0.191. The second-order valence-corrected chi connectivity index (χ2v) is 6.71. The fourth-order valence-electron chi connectivity index (χ4n) is 1.65.